The molecule has 2 atom stereocenters. The van der Waals surface area contributed by atoms with E-state index in [1.54, 1.807) is 0 Å². The number of nitrogens with one attached hydrogen (secondary N) is 1. The second-order valence-corrected chi connectivity index (χ2v) is 4.51. The predicted octanol–water partition coefficient (Wildman–Crippen LogP) is 3.49. The zero-order valence-corrected chi connectivity index (χ0v) is 9.99. The lowest BCUT2D eigenvalue weighted by Crippen LogP contribution is -2.04. The SMILES string of the molecule is CCC(=O)c1ccc(NC2CC2CC)cc1. The Kier molecular flexibility index (Phi) is 3.28. The molecule has 0 saturated heterocycles. The van der Waals surface area contributed by atoms with E-state index in [1.807, 2.05) is 31.2 Å². The van der Waals surface area contributed by atoms with Crippen molar-refractivity contribution >= 4 is 11.5 Å². The third kappa shape index (κ3) is 2.43. The first-order chi connectivity index (χ1) is 7.74. The maximum absolute atomic E-state index is 11.4. The van der Waals surface area contributed by atoms with Crippen molar-refractivity contribution in [1.29, 1.82) is 0 Å². The maximum atomic E-state index is 11.4. The molecule has 2 rings (SSSR count). The number of benzene rings is 1. The molecule has 1 aliphatic rings. The van der Waals surface area contributed by atoms with Crippen LogP contribution in [0, 0.1) is 5.92 Å². The summed E-state index contributed by atoms with van der Waals surface area (Å²) >= 11 is 0. The van der Waals surface area contributed by atoms with Crippen LogP contribution in [0.25, 0.3) is 0 Å². The van der Waals surface area contributed by atoms with Gasteiger partial charge >= 0.3 is 0 Å². The van der Waals surface area contributed by atoms with Crippen molar-refractivity contribution in [2.24, 2.45) is 5.92 Å². The van der Waals surface area contributed by atoms with Crippen molar-refractivity contribution in [3.8, 4) is 0 Å². The van der Waals surface area contributed by atoms with Gasteiger partial charge in [0.25, 0.3) is 0 Å². The van der Waals surface area contributed by atoms with Crippen LogP contribution in [0.1, 0.15) is 43.5 Å². The molecule has 0 aromatic heterocycles. The molecule has 2 unspecified atom stereocenters. The minimum atomic E-state index is 0.212. The summed E-state index contributed by atoms with van der Waals surface area (Å²) < 4.78 is 0. The largest absolute Gasteiger partial charge is 0.382 e. The Labute approximate surface area is 97.1 Å². The molecule has 1 aromatic carbocycles. The Morgan fingerprint density at radius 2 is 2.00 bits per heavy atom. The van der Waals surface area contributed by atoms with Crippen molar-refractivity contribution in [2.45, 2.75) is 39.2 Å². The zero-order chi connectivity index (χ0) is 11.5. The summed E-state index contributed by atoms with van der Waals surface area (Å²) in [6, 6.07) is 8.49. The fraction of sp³-hybridized carbons (Fsp3) is 0.500. The third-order valence-corrected chi connectivity index (χ3v) is 3.33. The van der Waals surface area contributed by atoms with E-state index in [4.69, 9.17) is 0 Å². The van der Waals surface area contributed by atoms with E-state index < -0.39 is 0 Å². The van der Waals surface area contributed by atoms with Crippen molar-refractivity contribution in [2.75, 3.05) is 5.32 Å². The molecule has 0 heterocycles. The number of hydrogen-bond acceptors (Lipinski definition) is 2. The number of anilines is 1. The quantitative estimate of drug-likeness (QED) is 0.765. The molecule has 2 heteroatoms. The van der Waals surface area contributed by atoms with E-state index in [-0.39, 0.29) is 5.78 Å². The van der Waals surface area contributed by atoms with Crippen molar-refractivity contribution in [3.63, 3.8) is 0 Å². The molecule has 1 aliphatic carbocycles. The molecule has 1 saturated carbocycles. The average molecular weight is 217 g/mol. The summed E-state index contributed by atoms with van der Waals surface area (Å²) in [7, 11) is 0. The molecule has 0 spiro atoms. The molecule has 2 nitrogen and oxygen atoms in total. The van der Waals surface area contributed by atoms with Gasteiger partial charge in [-0.3, -0.25) is 4.79 Å². The number of rotatable bonds is 5. The van der Waals surface area contributed by atoms with Crippen molar-refractivity contribution in [3.05, 3.63) is 29.8 Å². The van der Waals surface area contributed by atoms with Gasteiger partial charge in [-0.25, -0.2) is 0 Å². The minimum Gasteiger partial charge on any atom is -0.382 e. The zero-order valence-electron chi connectivity index (χ0n) is 9.99. The minimum absolute atomic E-state index is 0.212. The number of carbonyl (C=O) groups is 1. The normalized spacial score (nSPS) is 22.9. The van der Waals surface area contributed by atoms with Gasteiger partial charge in [-0.15, -0.1) is 0 Å². The standard InChI is InChI=1S/C14H19NO/c1-3-10-9-13(10)15-12-7-5-11(6-8-12)14(16)4-2/h5-8,10,13,15H,3-4,9H2,1-2H3. The van der Waals surface area contributed by atoms with Crippen LogP contribution < -0.4 is 5.32 Å². The summed E-state index contributed by atoms with van der Waals surface area (Å²) in [5.74, 6) is 1.06. The number of carbonyl (C=O) groups excluding carboxylic acids is 1. The average Bonchev–Trinajstić information content (AvgIpc) is 3.07. The second-order valence-electron chi connectivity index (χ2n) is 4.51. The van der Waals surface area contributed by atoms with Gasteiger partial charge in [0.15, 0.2) is 5.78 Å². The Bertz CT molecular complexity index is 369. The van der Waals surface area contributed by atoms with Crippen LogP contribution in [-0.2, 0) is 0 Å². The highest BCUT2D eigenvalue weighted by molar-refractivity contribution is 5.96. The Hall–Kier alpha value is -1.31. The lowest BCUT2D eigenvalue weighted by molar-refractivity contribution is 0.0988. The molecule has 1 N–H and O–H groups in total. The Balaban J connectivity index is 1.95. The van der Waals surface area contributed by atoms with Crippen LogP contribution in [0.15, 0.2) is 24.3 Å². The first-order valence-corrected chi connectivity index (χ1v) is 6.14. The first kappa shape index (κ1) is 11.2. The van der Waals surface area contributed by atoms with Crippen LogP contribution in [0.4, 0.5) is 5.69 Å². The maximum Gasteiger partial charge on any atom is 0.162 e. The van der Waals surface area contributed by atoms with Crippen LogP contribution >= 0.6 is 0 Å². The van der Waals surface area contributed by atoms with Gasteiger partial charge in [0, 0.05) is 23.7 Å². The Morgan fingerprint density at radius 1 is 1.31 bits per heavy atom. The molecule has 0 bridgehead atoms. The summed E-state index contributed by atoms with van der Waals surface area (Å²) in [5, 5.41) is 3.49. The summed E-state index contributed by atoms with van der Waals surface area (Å²) in [4.78, 5) is 11.4. The first-order valence-electron chi connectivity index (χ1n) is 6.14. The summed E-state index contributed by atoms with van der Waals surface area (Å²) in [5.41, 5.74) is 1.95. The highest BCUT2D eigenvalue weighted by Gasteiger charge is 2.34. The number of hydrogen-bond donors (Lipinski definition) is 1. The molecule has 16 heavy (non-hydrogen) atoms. The fourth-order valence-corrected chi connectivity index (χ4v) is 2.05. The van der Waals surface area contributed by atoms with E-state index >= 15 is 0 Å². The van der Waals surface area contributed by atoms with Crippen LogP contribution in [0.2, 0.25) is 0 Å². The summed E-state index contributed by atoms with van der Waals surface area (Å²) in [6.45, 7) is 4.12. The number of ketones is 1. The van der Waals surface area contributed by atoms with Gasteiger partial charge in [-0.1, -0.05) is 20.3 Å². The van der Waals surface area contributed by atoms with Gasteiger partial charge < -0.3 is 5.32 Å². The van der Waals surface area contributed by atoms with Gasteiger partial charge in [-0.05, 0) is 36.6 Å². The molecule has 86 valence electrons. The van der Waals surface area contributed by atoms with Gasteiger partial charge in [0.05, 0.1) is 0 Å². The monoisotopic (exact) mass is 217 g/mol. The van der Waals surface area contributed by atoms with E-state index in [9.17, 15) is 4.79 Å². The van der Waals surface area contributed by atoms with E-state index in [1.165, 1.54) is 12.8 Å². The predicted molar refractivity (Wildman–Crippen MR) is 66.9 cm³/mol. The van der Waals surface area contributed by atoms with Crippen molar-refractivity contribution < 1.29 is 4.79 Å². The van der Waals surface area contributed by atoms with Crippen LogP contribution in [0.3, 0.4) is 0 Å². The molecule has 1 fully saturated rings. The topological polar surface area (TPSA) is 29.1 Å². The lowest BCUT2D eigenvalue weighted by Gasteiger charge is -2.06. The molecular formula is C14H19NO. The third-order valence-electron chi connectivity index (χ3n) is 3.33. The molecule has 1 aromatic rings. The molecule has 0 radical (unpaired) electrons. The smallest absolute Gasteiger partial charge is 0.162 e. The highest BCUT2D eigenvalue weighted by Crippen LogP contribution is 2.35. The summed E-state index contributed by atoms with van der Waals surface area (Å²) in [6.07, 6.45) is 3.11. The highest BCUT2D eigenvalue weighted by atomic mass is 16.1. The van der Waals surface area contributed by atoms with Crippen molar-refractivity contribution in [1.82, 2.24) is 0 Å². The van der Waals surface area contributed by atoms with Crippen LogP contribution in [-0.4, -0.2) is 11.8 Å². The second kappa shape index (κ2) is 4.69. The fourth-order valence-electron chi connectivity index (χ4n) is 2.05. The number of Topliss-reactive ketones (excluding diaryl/α,β-unsaturated/α-hetero) is 1. The van der Waals surface area contributed by atoms with E-state index in [0.717, 1.165) is 17.2 Å². The van der Waals surface area contributed by atoms with Gasteiger partial charge in [-0.2, -0.15) is 0 Å². The van der Waals surface area contributed by atoms with Gasteiger partial charge in [0.1, 0.15) is 0 Å². The van der Waals surface area contributed by atoms with Crippen LogP contribution in [0.5, 0.6) is 0 Å². The van der Waals surface area contributed by atoms with E-state index in [0.29, 0.717) is 12.5 Å². The van der Waals surface area contributed by atoms with E-state index in [2.05, 4.69) is 12.2 Å². The molecular weight excluding hydrogens is 198 g/mol. The Morgan fingerprint density at radius 3 is 2.50 bits per heavy atom. The van der Waals surface area contributed by atoms with Gasteiger partial charge in [0.2, 0.25) is 0 Å². The molecule has 0 aliphatic heterocycles. The lowest BCUT2D eigenvalue weighted by atomic mass is 10.1. The molecule has 0 amide bonds.